The van der Waals surface area contributed by atoms with Gasteiger partial charge in [0.15, 0.2) is 0 Å². The fourth-order valence-electron chi connectivity index (χ4n) is 3.66. The van der Waals surface area contributed by atoms with Gasteiger partial charge in [-0.05, 0) is 50.7 Å². The topological polar surface area (TPSA) is 3.24 Å². The minimum Gasteiger partial charge on any atom is -0.297 e. The Morgan fingerprint density at radius 1 is 1.06 bits per heavy atom. The second kappa shape index (κ2) is 5.30. The highest BCUT2D eigenvalue weighted by Crippen LogP contribution is 2.41. The van der Waals surface area contributed by atoms with Crippen LogP contribution in [0.4, 0.5) is 0 Å². The Kier molecular flexibility index (Phi) is 4.23. The maximum Gasteiger partial charge on any atom is 0.00699 e. The number of piperidine rings is 1. The molecule has 1 aliphatic carbocycles. The van der Waals surface area contributed by atoms with Crippen LogP contribution < -0.4 is 0 Å². The van der Waals surface area contributed by atoms with Gasteiger partial charge in [0.1, 0.15) is 0 Å². The number of thiol groups is 1. The normalized spacial score (nSPS) is 35.4. The molecule has 2 rings (SSSR count). The smallest absolute Gasteiger partial charge is 0.00699 e. The zero-order chi connectivity index (χ0) is 11.6. The van der Waals surface area contributed by atoms with Gasteiger partial charge in [0, 0.05) is 18.6 Å². The molecule has 94 valence electrons. The van der Waals surface area contributed by atoms with Crippen molar-refractivity contribution >= 4 is 12.6 Å². The average molecular weight is 241 g/mol. The standard InChI is InChI=1S/C14H27NS/c1-12-6-5-7-13(2)15(12)10-14(11-16)8-3-4-9-14/h12-13,16H,3-11H2,1-2H3. The van der Waals surface area contributed by atoms with Crippen molar-refractivity contribution in [3.05, 3.63) is 0 Å². The van der Waals surface area contributed by atoms with E-state index in [9.17, 15) is 0 Å². The van der Waals surface area contributed by atoms with Crippen molar-refractivity contribution in [1.82, 2.24) is 4.90 Å². The van der Waals surface area contributed by atoms with Crippen LogP contribution in [0.2, 0.25) is 0 Å². The first-order valence-corrected chi connectivity index (χ1v) is 7.67. The van der Waals surface area contributed by atoms with E-state index in [1.165, 1.54) is 51.5 Å². The Morgan fingerprint density at radius 2 is 1.62 bits per heavy atom. The molecule has 0 spiro atoms. The van der Waals surface area contributed by atoms with E-state index in [1.807, 2.05) is 0 Å². The monoisotopic (exact) mass is 241 g/mol. The van der Waals surface area contributed by atoms with Gasteiger partial charge in [0.25, 0.3) is 0 Å². The summed E-state index contributed by atoms with van der Waals surface area (Å²) in [7, 11) is 0. The van der Waals surface area contributed by atoms with E-state index in [-0.39, 0.29) is 0 Å². The van der Waals surface area contributed by atoms with Crippen molar-refractivity contribution in [3.8, 4) is 0 Å². The highest BCUT2D eigenvalue weighted by atomic mass is 32.1. The predicted molar refractivity (Wildman–Crippen MR) is 74.2 cm³/mol. The summed E-state index contributed by atoms with van der Waals surface area (Å²) in [5.41, 5.74) is 0.545. The molecule has 2 unspecified atom stereocenters. The summed E-state index contributed by atoms with van der Waals surface area (Å²) in [6.07, 6.45) is 9.89. The quantitative estimate of drug-likeness (QED) is 0.737. The summed E-state index contributed by atoms with van der Waals surface area (Å²) in [5, 5.41) is 0. The molecule has 0 aromatic heterocycles. The SMILES string of the molecule is CC1CCCC(C)N1CC1(CS)CCCC1. The molecular formula is C14H27NS. The Labute approximate surface area is 106 Å². The molecule has 0 aromatic carbocycles. The molecule has 16 heavy (non-hydrogen) atoms. The van der Waals surface area contributed by atoms with Crippen LogP contribution in [0, 0.1) is 5.41 Å². The largest absolute Gasteiger partial charge is 0.297 e. The molecular weight excluding hydrogens is 214 g/mol. The van der Waals surface area contributed by atoms with Crippen LogP contribution in [0.25, 0.3) is 0 Å². The number of hydrogen-bond acceptors (Lipinski definition) is 2. The lowest BCUT2D eigenvalue weighted by atomic mass is 9.85. The number of likely N-dealkylation sites (tertiary alicyclic amines) is 1. The third-order valence-corrected chi connectivity index (χ3v) is 5.56. The third-order valence-electron chi connectivity index (χ3n) is 4.89. The van der Waals surface area contributed by atoms with Gasteiger partial charge in [-0.3, -0.25) is 4.90 Å². The molecule has 1 saturated heterocycles. The van der Waals surface area contributed by atoms with Gasteiger partial charge >= 0.3 is 0 Å². The lowest BCUT2D eigenvalue weighted by molar-refractivity contribution is 0.0582. The van der Waals surface area contributed by atoms with Crippen molar-refractivity contribution in [2.24, 2.45) is 5.41 Å². The first kappa shape index (κ1) is 12.8. The van der Waals surface area contributed by atoms with Crippen LogP contribution in [0.5, 0.6) is 0 Å². The molecule has 0 aromatic rings. The summed E-state index contributed by atoms with van der Waals surface area (Å²) in [4.78, 5) is 2.77. The molecule has 0 N–H and O–H groups in total. The number of rotatable bonds is 3. The van der Waals surface area contributed by atoms with Gasteiger partial charge < -0.3 is 0 Å². The van der Waals surface area contributed by atoms with Crippen LogP contribution in [0.1, 0.15) is 58.8 Å². The Hall–Kier alpha value is 0.310. The van der Waals surface area contributed by atoms with Crippen molar-refractivity contribution in [1.29, 1.82) is 0 Å². The van der Waals surface area contributed by atoms with E-state index in [4.69, 9.17) is 0 Å². The van der Waals surface area contributed by atoms with Gasteiger partial charge in [0.05, 0.1) is 0 Å². The Bertz CT molecular complexity index is 213. The first-order valence-electron chi connectivity index (χ1n) is 7.03. The van der Waals surface area contributed by atoms with Gasteiger partial charge in [-0.2, -0.15) is 12.6 Å². The van der Waals surface area contributed by atoms with E-state index in [0.717, 1.165) is 17.8 Å². The predicted octanol–water partition coefficient (Wildman–Crippen LogP) is 3.74. The summed E-state index contributed by atoms with van der Waals surface area (Å²) < 4.78 is 0. The lowest BCUT2D eigenvalue weighted by Crippen LogP contribution is -2.49. The van der Waals surface area contributed by atoms with Gasteiger partial charge in [-0.1, -0.05) is 19.3 Å². The lowest BCUT2D eigenvalue weighted by Gasteiger charge is -2.44. The third kappa shape index (κ3) is 2.59. The zero-order valence-corrected chi connectivity index (χ0v) is 11.8. The van der Waals surface area contributed by atoms with Gasteiger partial charge in [-0.25, -0.2) is 0 Å². The summed E-state index contributed by atoms with van der Waals surface area (Å²) in [6.45, 7) is 6.13. The van der Waals surface area contributed by atoms with Crippen LogP contribution in [-0.4, -0.2) is 29.3 Å². The van der Waals surface area contributed by atoms with Crippen molar-refractivity contribution in [2.75, 3.05) is 12.3 Å². The van der Waals surface area contributed by atoms with Crippen molar-refractivity contribution in [3.63, 3.8) is 0 Å². The molecule has 0 amide bonds. The second-order valence-corrected chi connectivity index (χ2v) is 6.48. The minimum atomic E-state index is 0.545. The molecule has 2 aliphatic rings. The zero-order valence-electron chi connectivity index (χ0n) is 10.9. The first-order chi connectivity index (χ1) is 7.67. The molecule has 2 atom stereocenters. The number of hydrogen-bond donors (Lipinski definition) is 1. The highest BCUT2D eigenvalue weighted by Gasteiger charge is 2.37. The van der Waals surface area contributed by atoms with Gasteiger partial charge in [0.2, 0.25) is 0 Å². The van der Waals surface area contributed by atoms with E-state index < -0.39 is 0 Å². The van der Waals surface area contributed by atoms with Crippen molar-refractivity contribution in [2.45, 2.75) is 70.9 Å². The molecule has 2 heteroatoms. The van der Waals surface area contributed by atoms with Crippen LogP contribution >= 0.6 is 12.6 Å². The molecule has 1 heterocycles. The highest BCUT2D eigenvalue weighted by molar-refractivity contribution is 7.80. The van der Waals surface area contributed by atoms with Crippen LogP contribution in [0.15, 0.2) is 0 Å². The summed E-state index contributed by atoms with van der Waals surface area (Å²) in [6, 6.07) is 1.59. The van der Waals surface area contributed by atoms with E-state index in [0.29, 0.717) is 5.41 Å². The van der Waals surface area contributed by atoms with E-state index >= 15 is 0 Å². The molecule has 1 saturated carbocycles. The maximum absolute atomic E-state index is 4.63. The van der Waals surface area contributed by atoms with Crippen LogP contribution in [0.3, 0.4) is 0 Å². The van der Waals surface area contributed by atoms with E-state index in [2.05, 4.69) is 31.4 Å². The molecule has 0 bridgehead atoms. The second-order valence-electron chi connectivity index (χ2n) is 6.17. The Balaban J connectivity index is 2.00. The van der Waals surface area contributed by atoms with Crippen molar-refractivity contribution < 1.29 is 0 Å². The summed E-state index contributed by atoms with van der Waals surface area (Å²) >= 11 is 4.63. The maximum atomic E-state index is 4.63. The molecule has 2 fully saturated rings. The van der Waals surface area contributed by atoms with Crippen LogP contribution in [-0.2, 0) is 0 Å². The number of nitrogens with zero attached hydrogens (tertiary/aromatic N) is 1. The fraction of sp³-hybridized carbons (Fsp3) is 1.00. The average Bonchev–Trinajstić information content (AvgIpc) is 2.73. The van der Waals surface area contributed by atoms with Gasteiger partial charge in [-0.15, -0.1) is 0 Å². The minimum absolute atomic E-state index is 0.545. The molecule has 1 aliphatic heterocycles. The van der Waals surface area contributed by atoms with E-state index in [1.54, 1.807) is 0 Å². The fourth-order valence-corrected chi connectivity index (χ4v) is 4.08. The molecule has 1 nitrogen and oxygen atoms in total. The Morgan fingerprint density at radius 3 is 2.12 bits per heavy atom. The summed E-state index contributed by atoms with van der Waals surface area (Å²) in [5.74, 6) is 1.09. The molecule has 0 radical (unpaired) electrons.